The third-order valence-corrected chi connectivity index (χ3v) is 4.40. The van der Waals surface area contributed by atoms with Gasteiger partial charge in [0.05, 0.1) is 5.92 Å². The molecule has 5 nitrogen and oxygen atoms in total. The first kappa shape index (κ1) is 14.6. The number of furan rings is 1. The summed E-state index contributed by atoms with van der Waals surface area (Å²) in [6.45, 7) is 4.85. The zero-order valence-electron chi connectivity index (χ0n) is 12.8. The first-order valence-electron chi connectivity index (χ1n) is 7.48. The van der Waals surface area contributed by atoms with Gasteiger partial charge in [-0.1, -0.05) is 0 Å². The highest BCUT2D eigenvalue weighted by Crippen LogP contribution is 2.25. The van der Waals surface area contributed by atoms with E-state index in [4.69, 9.17) is 9.52 Å². The molecule has 22 heavy (non-hydrogen) atoms. The number of likely N-dealkylation sites (tertiary alicyclic amines) is 1. The van der Waals surface area contributed by atoms with Crippen molar-refractivity contribution in [3.63, 3.8) is 0 Å². The lowest BCUT2D eigenvalue weighted by molar-refractivity contribution is -0.143. The van der Waals surface area contributed by atoms with Crippen LogP contribution in [0.4, 0.5) is 0 Å². The molecule has 0 aliphatic carbocycles. The van der Waals surface area contributed by atoms with E-state index in [-0.39, 0.29) is 18.2 Å². The molecule has 2 heterocycles. The van der Waals surface area contributed by atoms with Crippen molar-refractivity contribution in [1.29, 1.82) is 0 Å². The number of benzene rings is 1. The number of nitrogens with zero attached hydrogens (tertiary/aromatic N) is 1. The Labute approximate surface area is 128 Å². The van der Waals surface area contributed by atoms with Crippen molar-refractivity contribution >= 4 is 22.8 Å². The van der Waals surface area contributed by atoms with Crippen LogP contribution in [0.1, 0.15) is 34.5 Å². The molecule has 1 N–H and O–H groups in total. The monoisotopic (exact) mass is 301 g/mol. The molecule has 1 aliphatic rings. The van der Waals surface area contributed by atoms with Crippen molar-refractivity contribution < 1.29 is 19.1 Å². The van der Waals surface area contributed by atoms with Gasteiger partial charge in [0, 0.05) is 18.5 Å². The normalized spacial score (nSPS) is 18.6. The number of aryl methyl sites for hydroxylation is 2. The molecule has 1 aromatic heterocycles. The van der Waals surface area contributed by atoms with Gasteiger partial charge in [-0.2, -0.15) is 0 Å². The Morgan fingerprint density at radius 2 is 1.95 bits per heavy atom. The van der Waals surface area contributed by atoms with Gasteiger partial charge >= 0.3 is 5.97 Å². The van der Waals surface area contributed by atoms with Crippen LogP contribution in [0.2, 0.25) is 0 Å². The molecule has 3 rings (SSSR count). The Morgan fingerprint density at radius 1 is 1.23 bits per heavy atom. The Kier molecular flexibility index (Phi) is 3.64. The minimum Gasteiger partial charge on any atom is -0.481 e. The number of fused-ring (bicyclic) bond motifs is 1. The average molecular weight is 301 g/mol. The van der Waals surface area contributed by atoms with Gasteiger partial charge in [0.15, 0.2) is 5.76 Å². The van der Waals surface area contributed by atoms with Crippen molar-refractivity contribution in [2.24, 2.45) is 5.92 Å². The number of carboxylic acids is 1. The molecule has 1 fully saturated rings. The van der Waals surface area contributed by atoms with Gasteiger partial charge in [-0.15, -0.1) is 0 Å². The summed E-state index contributed by atoms with van der Waals surface area (Å²) in [5.74, 6) is -1.26. The van der Waals surface area contributed by atoms with E-state index in [0.717, 1.165) is 16.5 Å². The summed E-state index contributed by atoms with van der Waals surface area (Å²) in [6, 6.07) is 5.67. The van der Waals surface area contributed by atoms with E-state index in [1.807, 2.05) is 26.0 Å². The van der Waals surface area contributed by atoms with Crippen LogP contribution in [-0.2, 0) is 4.79 Å². The van der Waals surface area contributed by atoms with Gasteiger partial charge < -0.3 is 14.4 Å². The molecule has 0 radical (unpaired) electrons. The predicted molar refractivity (Wildman–Crippen MR) is 82.0 cm³/mol. The van der Waals surface area contributed by atoms with Crippen LogP contribution in [0.3, 0.4) is 0 Å². The second-order valence-electron chi connectivity index (χ2n) is 6.01. The highest BCUT2D eigenvalue weighted by atomic mass is 16.4. The van der Waals surface area contributed by atoms with E-state index < -0.39 is 11.9 Å². The van der Waals surface area contributed by atoms with E-state index in [0.29, 0.717) is 25.0 Å². The summed E-state index contributed by atoms with van der Waals surface area (Å²) in [4.78, 5) is 25.2. The summed E-state index contributed by atoms with van der Waals surface area (Å²) < 4.78 is 5.68. The zero-order valence-corrected chi connectivity index (χ0v) is 12.8. The lowest BCUT2D eigenvalue weighted by Crippen LogP contribution is -2.42. The number of hydrogen-bond donors (Lipinski definition) is 1. The Bertz CT molecular complexity index is 707. The minimum atomic E-state index is -0.839. The van der Waals surface area contributed by atoms with Crippen molar-refractivity contribution in [3.05, 3.63) is 35.1 Å². The van der Waals surface area contributed by atoms with Crippen LogP contribution < -0.4 is 0 Å². The Hall–Kier alpha value is -2.30. The van der Waals surface area contributed by atoms with Gasteiger partial charge in [-0.25, -0.2) is 0 Å². The molecular formula is C17H19NO4. The van der Waals surface area contributed by atoms with Gasteiger partial charge in [0.2, 0.25) is 0 Å². The van der Waals surface area contributed by atoms with Crippen LogP contribution in [0.5, 0.6) is 0 Å². The number of hydrogen-bond acceptors (Lipinski definition) is 3. The number of carbonyl (C=O) groups excluding carboxylic acids is 1. The highest BCUT2D eigenvalue weighted by Gasteiger charge is 2.30. The zero-order chi connectivity index (χ0) is 15.9. The lowest BCUT2D eigenvalue weighted by Gasteiger charge is -2.29. The van der Waals surface area contributed by atoms with Crippen LogP contribution in [0.15, 0.2) is 22.6 Å². The van der Waals surface area contributed by atoms with E-state index in [2.05, 4.69) is 0 Å². The Morgan fingerprint density at radius 3 is 2.68 bits per heavy atom. The molecule has 1 aromatic carbocycles. The van der Waals surface area contributed by atoms with Crippen molar-refractivity contribution in [2.75, 3.05) is 13.1 Å². The fourth-order valence-corrected chi connectivity index (χ4v) is 2.93. The van der Waals surface area contributed by atoms with E-state index in [1.54, 1.807) is 11.0 Å². The number of rotatable bonds is 2. The predicted octanol–water partition coefficient (Wildman–Crippen LogP) is 2.99. The summed E-state index contributed by atoms with van der Waals surface area (Å²) in [5.41, 5.74) is 2.96. The largest absolute Gasteiger partial charge is 0.481 e. The summed E-state index contributed by atoms with van der Waals surface area (Å²) in [5, 5.41) is 10.0. The number of carbonyl (C=O) groups is 2. The third kappa shape index (κ3) is 2.58. The SMILES string of the molecule is Cc1cc2cc(C(=O)N3CCC[C@H](C(=O)O)C3)oc2cc1C. The fraction of sp³-hybridized carbons (Fsp3) is 0.412. The molecule has 116 valence electrons. The van der Waals surface area contributed by atoms with Crippen molar-refractivity contribution in [1.82, 2.24) is 4.90 Å². The second-order valence-corrected chi connectivity index (χ2v) is 6.01. The second kappa shape index (κ2) is 5.48. The highest BCUT2D eigenvalue weighted by molar-refractivity contribution is 5.96. The number of piperidine rings is 1. The average Bonchev–Trinajstić information content (AvgIpc) is 2.89. The molecular weight excluding hydrogens is 282 g/mol. The van der Waals surface area contributed by atoms with Gasteiger partial charge in [-0.3, -0.25) is 9.59 Å². The van der Waals surface area contributed by atoms with E-state index in [9.17, 15) is 9.59 Å². The minimum absolute atomic E-state index is 0.225. The standard InChI is InChI=1S/C17H19NO4/c1-10-6-13-8-15(22-14(13)7-11(10)2)16(19)18-5-3-4-12(9-18)17(20)21/h6-8,12H,3-5,9H2,1-2H3,(H,20,21)/t12-/m0/s1. The fourth-order valence-electron chi connectivity index (χ4n) is 2.93. The molecule has 0 bridgehead atoms. The maximum absolute atomic E-state index is 12.5. The summed E-state index contributed by atoms with van der Waals surface area (Å²) in [6.07, 6.45) is 1.33. The molecule has 1 atom stereocenters. The summed E-state index contributed by atoms with van der Waals surface area (Å²) in [7, 11) is 0. The quantitative estimate of drug-likeness (QED) is 0.925. The number of aliphatic carboxylic acids is 1. The number of amides is 1. The van der Waals surface area contributed by atoms with Crippen LogP contribution in [0, 0.1) is 19.8 Å². The summed E-state index contributed by atoms with van der Waals surface area (Å²) >= 11 is 0. The first-order chi connectivity index (χ1) is 10.5. The molecule has 2 aromatic rings. The van der Waals surface area contributed by atoms with E-state index in [1.165, 1.54) is 0 Å². The van der Waals surface area contributed by atoms with Crippen LogP contribution >= 0.6 is 0 Å². The smallest absolute Gasteiger partial charge is 0.308 e. The van der Waals surface area contributed by atoms with Crippen molar-refractivity contribution in [3.8, 4) is 0 Å². The molecule has 1 amide bonds. The first-order valence-corrected chi connectivity index (χ1v) is 7.48. The molecule has 0 unspecified atom stereocenters. The lowest BCUT2D eigenvalue weighted by atomic mass is 9.98. The topological polar surface area (TPSA) is 70.8 Å². The van der Waals surface area contributed by atoms with Gasteiger partial charge in [0.1, 0.15) is 5.58 Å². The van der Waals surface area contributed by atoms with Gasteiger partial charge in [-0.05, 0) is 56.0 Å². The Balaban J connectivity index is 1.87. The molecule has 0 saturated carbocycles. The van der Waals surface area contributed by atoms with E-state index >= 15 is 0 Å². The molecule has 1 aliphatic heterocycles. The van der Waals surface area contributed by atoms with Crippen LogP contribution in [-0.4, -0.2) is 35.0 Å². The number of carboxylic acid groups (broad SMARTS) is 1. The maximum atomic E-state index is 12.5. The molecule has 0 spiro atoms. The molecule has 1 saturated heterocycles. The molecule has 5 heteroatoms. The van der Waals surface area contributed by atoms with Crippen LogP contribution in [0.25, 0.3) is 11.0 Å². The maximum Gasteiger partial charge on any atom is 0.308 e. The van der Waals surface area contributed by atoms with Gasteiger partial charge in [0.25, 0.3) is 5.91 Å². The van der Waals surface area contributed by atoms with Crippen molar-refractivity contribution in [2.45, 2.75) is 26.7 Å². The third-order valence-electron chi connectivity index (χ3n) is 4.40.